The zero-order chi connectivity index (χ0) is 18.0. The molecule has 0 saturated heterocycles. The maximum Gasteiger partial charge on any atom is 0.0174 e. The molecule has 0 aliphatic rings. The monoisotopic (exact) mass is 323 g/mol. The van der Waals surface area contributed by atoms with Crippen LogP contribution in [-0.4, -0.2) is 6.54 Å². The van der Waals surface area contributed by atoms with Gasteiger partial charge in [0.1, 0.15) is 0 Å². The smallest absolute Gasteiger partial charge is 0.0174 e. The summed E-state index contributed by atoms with van der Waals surface area (Å²) in [5.74, 6) is 4.71. The van der Waals surface area contributed by atoms with Crippen LogP contribution in [0.5, 0.6) is 0 Å². The van der Waals surface area contributed by atoms with Crippen LogP contribution in [0.3, 0.4) is 0 Å². The van der Waals surface area contributed by atoms with Crippen molar-refractivity contribution in [2.24, 2.45) is 35.5 Å². The van der Waals surface area contributed by atoms with Crippen molar-refractivity contribution >= 4 is 0 Å². The van der Waals surface area contributed by atoms with Crippen LogP contribution in [0.25, 0.3) is 0 Å². The molecule has 0 aromatic rings. The van der Waals surface area contributed by atoms with E-state index in [2.05, 4.69) is 67.3 Å². The molecular weight excluding hydrogens is 278 g/mol. The van der Waals surface area contributed by atoms with Crippen molar-refractivity contribution in [3.8, 4) is 0 Å². The predicted octanol–water partition coefficient (Wildman–Crippen LogP) is 6.90. The molecule has 1 N–H and O–H groups in total. The second kappa shape index (κ2) is 12.0. The standard InChI is InChI=1S/C22H45N/c1-10-11-19(8)23-15-21(13-12-16(2)3)22(14-17(4)5)20(9)18(6)7/h16-18,20-23H,8,10-15H2,1-7,9H3. The molecule has 0 bridgehead atoms. The van der Waals surface area contributed by atoms with Gasteiger partial charge in [-0.05, 0) is 54.8 Å². The van der Waals surface area contributed by atoms with E-state index in [4.69, 9.17) is 0 Å². The van der Waals surface area contributed by atoms with Crippen molar-refractivity contribution < 1.29 is 0 Å². The summed E-state index contributed by atoms with van der Waals surface area (Å²) in [5, 5.41) is 3.66. The maximum atomic E-state index is 4.20. The summed E-state index contributed by atoms with van der Waals surface area (Å²) >= 11 is 0. The molecule has 0 fully saturated rings. The Labute approximate surface area is 147 Å². The van der Waals surface area contributed by atoms with E-state index in [0.717, 1.165) is 48.5 Å². The van der Waals surface area contributed by atoms with E-state index in [9.17, 15) is 0 Å². The van der Waals surface area contributed by atoms with Gasteiger partial charge in [0.2, 0.25) is 0 Å². The highest BCUT2D eigenvalue weighted by molar-refractivity contribution is 4.92. The largest absolute Gasteiger partial charge is 0.389 e. The minimum Gasteiger partial charge on any atom is -0.389 e. The molecule has 0 heterocycles. The Bertz CT molecular complexity index is 303. The minimum atomic E-state index is 0.763. The molecule has 0 radical (unpaired) electrons. The lowest BCUT2D eigenvalue weighted by Gasteiger charge is -2.36. The second-order valence-electron chi connectivity index (χ2n) is 8.86. The number of hydrogen-bond donors (Lipinski definition) is 1. The van der Waals surface area contributed by atoms with Crippen LogP contribution in [0.4, 0.5) is 0 Å². The Morgan fingerprint density at radius 2 is 1.52 bits per heavy atom. The van der Waals surface area contributed by atoms with Crippen LogP contribution in [0, 0.1) is 35.5 Å². The molecule has 1 nitrogen and oxygen atoms in total. The average Bonchev–Trinajstić information content (AvgIpc) is 2.44. The quantitative estimate of drug-likeness (QED) is 0.389. The molecule has 138 valence electrons. The third-order valence-corrected chi connectivity index (χ3v) is 5.36. The van der Waals surface area contributed by atoms with Crippen LogP contribution in [-0.2, 0) is 0 Å². The third kappa shape index (κ3) is 10.1. The minimum absolute atomic E-state index is 0.763. The number of hydrogen-bond acceptors (Lipinski definition) is 1. The van der Waals surface area contributed by atoms with Gasteiger partial charge in [0.25, 0.3) is 0 Å². The van der Waals surface area contributed by atoms with Gasteiger partial charge in [-0.15, -0.1) is 0 Å². The lowest BCUT2D eigenvalue weighted by molar-refractivity contribution is 0.149. The maximum absolute atomic E-state index is 4.20. The molecular formula is C22H45N. The fraction of sp³-hybridized carbons (Fsp3) is 0.909. The summed E-state index contributed by atoms with van der Waals surface area (Å²) in [5.41, 5.74) is 1.22. The summed E-state index contributed by atoms with van der Waals surface area (Å²) in [7, 11) is 0. The molecule has 0 aliphatic carbocycles. The Morgan fingerprint density at radius 1 is 0.913 bits per heavy atom. The van der Waals surface area contributed by atoms with Crippen LogP contribution in [0.15, 0.2) is 12.3 Å². The van der Waals surface area contributed by atoms with E-state index in [-0.39, 0.29) is 0 Å². The van der Waals surface area contributed by atoms with E-state index < -0.39 is 0 Å². The molecule has 23 heavy (non-hydrogen) atoms. The first-order chi connectivity index (χ1) is 10.7. The van der Waals surface area contributed by atoms with Crippen LogP contribution in [0.2, 0.25) is 0 Å². The van der Waals surface area contributed by atoms with Gasteiger partial charge in [-0.25, -0.2) is 0 Å². The van der Waals surface area contributed by atoms with Gasteiger partial charge in [0, 0.05) is 12.2 Å². The van der Waals surface area contributed by atoms with Gasteiger partial charge >= 0.3 is 0 Å². The number of allylic oxidation sites excluding steroid dienone is 1. The Hall–Kier alpha value is -0.460. The summed E-state index contributed by atoms with van der Waals surface area (Å²) in [6.07, 6.45) is 6.32. The van der Waals surface area contributed by atoms with Crippen molar-refractivity contribution in [2.45, 2.75) is 87.5 Å². The Kier molecular flexibility index (Phi) is 11.7. The van der Waals surface area contributed by atoms with Crippen molar-refractivity contribution in [1.29, 1.82) is 0 Å². The molecule has 3 unspecified atom stereocenters. The van der Waals surface area contributed by atoms with Crippen molar-refractivity contribution in [3.63, 3.8) is 0 Å². The molecule has 0 aromatic carbocycles. The summed E-state index contributed by atoms with van der Waals surface area (Å²) in [4.78, 5) is 0. The summed E-state index contributed by atoms with van der Waals surface area (Å²) in [6.45, 7) is 24.3. The van der Waals surface area contributed by atoms with Crippen LogP contribution < -0.4 is 5.32 Å². The van der Waals surface area contributed by atoms with Crippen LogP contribution in [0.1, 0.15) is 87.5 Å². The van der Waals surface area contributed by atoms with Crippen molar-refractivity contribution in [1.82, 2.24) is 5.32 Å². The normalized spacial score (nSPS) is 16.0. The van der Waals surface area contributed by atoms with Gasteiger partial charge in [0.15, 0.2) is 0 Å². The Morgan fingerprint density at radius 3 is 1.96 bits per heavy atom. The molecule has 1 heteroatoms. The van der Waals surface area contributed by atoms with E-state index in [0.29, 0.717) is 0 Å². The lowest BCUT2D eigenvalue weighted by Crippen LogP contribution is -2.34. The molecule has 0 rings (SSSR count). The van der Waals surface area contributed by atoms with E-state index >= 15 is 0 Å². The van der Waals surface area contributed by atoms with E-state index in [1.54, 1.807) is 0 Å². The first-order valence-electron chi connectivity index (χ1n) is 10.1. The van der Waals surface area contributed by atoms with Gasteiger partial charge in [0.05, 0.1) is 0 Å². The van der Waals surface area contributed by atoms with Crippen molar-refractivity contribution in [2.75, 3.05) is 6.54 Å². The van der Waals surface area contributed by atoms with E-state index in [1.165, 1.54) is 31.4 Å². The van der Waals surface area contributed by atoms with Gasteiger partial charge in [-0.2, -0.15) is 0 Å². The molecule has 0 amide bonds. The fourth-order valence-electron chi connectivity index (χ4n) is 3.56. The molecule has 0 saturated carbocycles. The lowest BCUT2D eigenvalue weighted by atomic mass is 9.71. The topological polar surface area (TPSA) is 12.0 Å². The zero-order valence-corrected chi connectivity index (χ0v) is 17.4. The van der Waals surface area contributed by atoms with E-state index in [1.807, 2.05) is 0 Å². The first-order valence-corrected chi connectivity index (χ1v) is 10.1. The van der Waals surface area contributed by atoms with Gasteiger partial charge in [-0.3, -0.25) is 0 Å². The van der Waals surface area contributed by atoms with Gasteiger partial charge in [-0.1, -0.05) is 74.8 Å². The third-order valence-electron chi connectivity index (χ3n) is 5.36. The van der Waals surface area contributed by atoms with Crippen molar-refractivity contribution in [3.05, 3.63) is 12.3 Å². The highest BCUT2D eigenvalue weighted by Gasteiger charge is 2.29. The second-order valence-corrected chi connectivity index (χ2v) is 8.86. The molecule has 0 aliphatic heterocycles. The van der Waals surface area contributed by atoms with Gasteiger partial charge < -0.3 is 5.32 Å². The van der Waals surface area contributed by atoms with Crippen LogP contribution >= 0.6 is 0 Å². The highest BCUT2D eigenvalue weighted by atomic mass is 14.9. The zero-order valence-electron chi connectivity index (χ0n) is 17.4. The fourth-order valence-corrected chi connectivity index (χ4v) is 3.56. The summed E-state index contributed by atoms with van der Waals surface area (Å²) < 4.78 is 0. The summed E-state index contributed by atoms with van der Waals surface area (Å²) in [6, 6.07) is 0. The Balaban J connectivity index is 5.00. The molecule has 0 aromatic heterocycles. The SMILES string of the molecule is C=C(CCC)NCC(CCC(C)C)C(CC(C)C)C(C)C(C)C. The number of nitrogens with one attached hydrogen (secondary N) is 1. The first kappa shape index (κ1) is 22.5. The average molecular weight is 324 g/mol. The molecule has 0 spiro atoms. The number of rotatable bonds is 13. The predicted molar refractivity (Wildman–Crippen MR) is 107 cm³/mol. The highest BCUT2D eigenvalue weighted by Crippen LogP contribution is 2.35. The molecule has 3 atom stereocenters.